The standard InChI is InChI=1S/C16H22N4O2S/c1-19-15(11-12(18-19)7-9-22-2)17-16(21)20-8-3-5-13(20)14-6-4-10-23-14/h4,6,10-11,13H,3,5,7-9H2,1-2H3,(H,17,21)/t13-/m0/s1. The van der Waals surface area contributed by atoms with Gasteiger partial charge in [-0.3, -0.25) is 10.00 Å². The minimum Gasteiger partial charge on any atom is -0.384 e. The van der Waals surface area contributed by atoms with Gasteiger partial charge in [0, 0.05) is 38.1 Å². The zero-order valence-electron chi connectivity index (χ0n) is 13.5. The number of aromatic nitrogens is 2. The Kier molecular flexibility index (Phi) is 4.97. The summed E-state index contributed by atoms with van der Waals surface area (Å²) < 4.78 is 6.78. The molecule has 0 aromatic carbocycles. The Morgan fingerprint density at radius 2 is 2.43 bits per heavy atom. The highest BCUT2D eigenvalue weighted by Gasteiger charge is 2.31. The number of methoxy groups -OCH3 is 1. The van der Waals surface area contributed by atoms with Crippen molar-refractivity contribution in [2.24, 2.45) is 7.05 Å². The molecular formula is C16H22N4O2S. The molecule has 1 aliphatic rings. The molecule has 0 radical (unpaired) electrons. The molecular weight excluding hydrogens is 312 g/mol. The third kappa shape index (κ3) is 3.56. The number of hydrogen-bond acceptors (Lipinski definition) is 4. The van der Waals surface area contributed by atoms with Gasteiger partial charge in [0.05, 0.1) is 18.3 Å². The summed E-state index contributed by atoms with van der Waals surface area (Å²) in [6.45, 7) is 1.42. The van der Waals surface area contributed by atoms with Gasteiger partial charge in [0.15, 0.2) is 0 Å². The number of carbonyl (C=O) groups is 1. The van der Waals surface area contributed by atoms with Gasteiger partial charge in [-0.2, -0.15) is 5.10 Å². The van der Waals surface area contributed by atoms with Crippen LogP contribution < -0.4 is 5.32 Å². The average Bonchev–Trinajstić information content (AvgIpc) is 3.26. The Balaban J connectivity index is 1.68. The molecule has 6 nitrogen and oxygen atoms in total. The van der Waals surface area contributed by atoms with Crippen LogP contribution in [0.15, 0.2) is 23.6 Å². The van der Waals surface area contributed by atoms with E-state index in [1.807, 2.05) is 24.1 Å². The van der Waals surface area contributed by atoms with Gasteiger partial charge >= 0.3 is 6.03 Å². The first-order valence-corrected chi connectivity index (χ1v) is 8.70. The molecule has 1 aliphatic heterocycles. The molecule has 7 heteroatoms. The lowest BCUT2D eigenvalue weighted by atomic mass is 10.2. The van der Waals surface area contributed by atoms with Gasteiger partial charge in [-0.15, -0.1) is 11.3 Å². The van der Waals surface area contributed by atoms with Crippen LogP contribution in [0.25, 0.3) is 0 Å². The van der Waals surface area contributed by atoms with Gasteiger partial charge in [-0.25, -0.2) is 4.79 Å². The van der Waals surface area contributed by atoms with E-state index in [9.17, 15) is 4.79 Å². The number of hydrogen-bond donors (Lipinski definition) is 1. The second-order valence-electron chi connectivity index (χ2n) is 5.68. The fourth-order valence-electron chi connectivity index (χ4n) is 2.94. The second kappa shape index (κ2) is 7.14. The zero-order chi connectivity index (χ0) is 16.2. The lowest BCUT2D eigenvalue weighted by molar-refractivity contribution is 0.201. The molecule has 0 aliphatic carbocycles. The highest BCUT2D eigenvalue weighted by molar-refractivity contribution is 7.10. The summed E-state index contributed by atoms with van der Waals surface area (Å²) >= 11 is 1.71. The molecule has 1 fully saturated rings. The first kappa shape index (κ1) is 16.0. The van der Waals surface area contributed by atoms with Crippen LogP contribution >= 0.6 is 11.3 Å². The summed E-state index contributed by atoms with van der Waals surface area (Å²) in [6, 6.07) is 6.19. The molecule has 3 heterocycles. The maximum absolute atomic E-state index is 12.6. The molecule has 1 N–H and O–H groups in total. The number of amides is 2. The molecule has 2 amide bonds. The van der Waals surface area contributed by atoms with Crippen molar-refractivity contribution in [3.05, 3.63) is 34.2 Å². The normalized spacial score (nSPS) is 17.7. The lowest BCUT2D eigenvalue weighted by Gasteiger charge is -2.24. The number of nitrogens with one attached hydrogen (secondary N) is 1. The molecule has 0 spiro atoms. The average molecular weight is 334 g/mol. The summed E-state index contributed by atoms with van der Waals surface area (Å²) in [5.74, 6) is 0.720. The topological polar surface area (TPSA) is 59.4 Å². The molecule has 0 bridgehead atoms. The largest absolute Gasteiger partial charge is 0.384 e. The number of urea groups is 1. The maximum Gasteiger partial charge on any atom is 0.323 e. The van der Waals surface area contributed by atoms with Gasteiger partial charge in [-0.05, 0) is 24.3 Å². The Morgan fingerprint density at radius 3 is 3.17 bits per heavy atom. The Labute approximate surface area is 140 Å². The zero-order valence-corrected chi connectivity index (χ0v) is 14.3. The van der Waals surface area contributed by atoms with E-state index in [2.05, 4.69) is 21.9 Å². The van der Waals surface area contributed by atoms with Crippen LogP contribution in [0, 0.1) is 0 Å². The van der Waals surface area contributed by atoms with Crippen molar-refractivity contribution >= 4 is 23.2 Å². The Morgan fingerprint density at radius 1 is 1.57 bits per heavy atom. The van der Waals surface area contributed by atoms with Crippen molar-refractivity contribution < 1.29 is 9.53 Å². The van der Waals surface area contributed by atoms with Gasteiger partial charge in [0.1, 0.15) is 5.82 Å². The molecule has 124 valence electrons. The first-order chi connectivity index (χ1) is 11.2. The molecule has 3 rings (SSSR count). The third-order valence-electron chi connectivity index (χ3n) is 4.11. The van der Waals surface area contributed by atoms with Crippen LogP contribution in [0.3, 0.4) is 0 Å². The highest BCUT2D eigenvalue weighted by atomic mass is 32.1. The monoisotopic (exact) mass is 334 g/mol. The Hall–Kier alpha value is -1.86. The molecule has 0 saturated carbocycles. The molecule has 23 heavy (non-hydrogen) atoms. The molecule has 1 saturated heterocycles. The summed E-state index contributed by atoms with van der Waals surface area (Å²) in [5, 5.41) is 9.46. The van der Waals surface area contributed by atoms with Crippen LogP contribution in [0.5, 0.6) is 0 Å². The van der Waals surface area contributed by atoms with Crippen molar-refractivity contribution in [2.45, 2.75) is 25.3 Å². The van der Waals surface area contributed by atoms with Crippen molar-refractivity contribution in [1.82, 2.24) is 14.7 Å². The van der Waals surface area contributed by atoms with Crippen LogP contribution in [-0.4, -0.2) is 41.0 Å². The van der Waals surface area contributed by atoms with Crippen LogP contribution in [0.1, 0.15) is 29.5 Å². The van der Waals surface area contributed by atoms with E-state index in [1.165, 1.54) is 4.88 Å². The van der Waals surface area contributed by atoms with Crippen molar-refractivity contribution in [2.75, 3.05) is 25.6 Å². The van der Waals surface area contributed by atoms with E-state index in [4.69, 9.17) is 4.74 Å². The predicted molar refractivity (Wildman–Crippen MR) is 90.8 cm³/mol. The SMILES string of the molecule is COCCc1cc(NC(=O)N2CCC[C@H]2c2cccs2)n(C)n1. The number of likely N-dealkylation sites (tertiary alicyclic amines) is 1. The van der Waals surface area contributed by atoms with E-state index in [0.29, 0.717) is 6.61 Å². The number of nitrogens with zero attached hydrogens (tertiary/aromatic N) is 3. The number of carbonyl (C=O) groups excluding carboxylic acids is 1. The minimum absolute atomic E-state index is 0.0535. The summed E-state index contributed by atoms with van der Waals surface area (Å²) in [5.41, 5.74) is 0.917. The van der Waals surface area contributed by atoms with Gasteiger partial charge in [0.2, 0.25) is 0 Å². The number of thiophene rings is 1. The van der Waals surface area contributed by atoms with E-state index < -0.39 is 0 Å². The van der Waals surface area contributed by atoms with E-state index in [0.717, 1.165) is 37.3 Å². The lowest BCUT2D eigenvalue weighted by Crippen LogP contribution is -2.34. The van der Waals surface area contributed by atoms with Crippen molar-refractivity contribution in [3.8, 4) is 0 Å². The van der Waals surface area contributed by atoms with E-state index in [-0.39, 0.29) is 12.1 Å². The van der Waals surface area contributed by atoms with E-state index in [1.54, 1.807) is 23.1 Å². The first-order valence-electron chi connectivity index (χ1n) is 7.82. The number of aryl methyl sites for hydroxylation is 1. The predicted octanol–water partition coefficient (Wildman–Crippen LogP) is 3.04. The molecule has 2 aromatic rings. The van der Waals surface area contributed by atoms with Crippen LogP contribution in [-0.2, 0) is 18.2 Å². The highest BCUT2D eigenvalue weighted by Crippen LogP contribution is 2.34. The van der Waals surface area contributed by atoms with Crippen LogP contribution in [0.4, 0.5) is 10.6 Å². The fourth-order valence-corrected chi connectivity index (χ4v) is 3.81. The van der Waals surface area contributed by atoms with Gasteiger partial charge < -0.3 is 9.64 Å². The van der Waals surface area contributed by atoms with Gasteiger partial charge in [-0.1, -0.05) is 6.07 Å². The molecule has 0 unspecified atom stereocenters. The summed E-state index contributed by atoms with van der Waals surface area (Å²) in [6.07, 6.45) is 2.81. The summed E-state index contributed by atoms with van der Waals surface area (Å²) in [7, 11) is 3.51. The summed E-state index contributed by atoms with van der Waals surface area (Å²) in [4.78, 5) is 15.8. The Bertz CT molecular complexity index is 653. The number of rotatable bonds is 5. The number of anilines is 1. The van der Waals surface area contributed by atoms with Gasteiger partial charge in [0.25, 0.3) is 0 Å². The minimum atomic E-state index is -0.0535. The van der Waals surface area contributed by atoms with Crippen molar-refractivity contribution in [3.63, 3.8) is 0 Å². The maximum atomic E-state index is 12.6. The van der Waals surface area contributed by atoms with Crippen LogP contribution in [0.2, 0.25) is 0 Å². The second-order valence-corrected chi connectivity index (χ2v) is 6.66. The quantitative estimate of drug-likeness (QED) is 0.914. The smallest absolute Gasteiger partial charge is 0.323 e. The fraction of sp³-hybridized carbons (Fsp3) is 0.500. The van der Waals surface area contributed by atoms with Crippen molar-refractivity contribution in [1.29, 1.82) is 0 Å². The molecule has 1 atom stereocenters. The molecule has 2 aromatic heterocycles. The van der Waals surface area contributed by atoms with E-state index >= 15 is 0 Å². The third-order valence-corrected chi connectivity index (χ3v) is 5.09. The number of ether oxygens (including phenoxy) is 1.